The second-order valence-corrected chi connectivity index (χ2v) is 8.78. The van der Waals surface area contributed by atoms with Crippen molar-refractivity contribution in [2.24, 2.45) is 0 Å². The zero-order valence-corrected chi connectivity index (χ0v) is 18.8. The molecular weight excluding hydrogens is 390 g/mol. The monoisotopic (exact) mass is 426 g/mol. The highest BCUT2D eigenvalue weighted by Gasteiger charge is 2.30. The van der Waals surface area contributed by atoms with Crippen molar-refractivity contribution in [1.29, 1.82) is 0 Å². The average Bonchev–Trinajstić information content (AvgIpc) is 2.81. The first kappa shape index (κ1) is 21.6. The van der Waals surface area contributed by atoms with Crippen molar-refractivity contribution in [2.75, 3.05) is 70.9 Å². The van der Waals surface area contributed by atoms with Crippen LogP contribution in [-0.2, 0) is 11.3 Å². The molecule has 3 heterocycles. The van der Waals surface area contributed by atoms with E-state index < -0.39 is 0 Å². The summed E-state index contributed by atoms with van der Waals surface area (Å²) in [4.78, 5) is 23.5. The van der Waals surface area contributed by atoms with Crippen LogP contribution >= 0.6 is 0 Å². The van der Waals surface area contributed by atoms with E-state index in [0.29, 0.717) is 12.5 Å². The number of H-pyrrole nitrogens is 1. The van der Waals surface area contributed by atoms with E-state index in [1.54, 1.807) is 12.0 Å². The van der Waals surface area contributed by atoms with Gasteiger partial charge in [0.15, 0.2) is 6.54 Å². The number of anilines is 1. The van der Waals surface area contributed by atoms with Crippen molar-refractivity contribution in [3.63, 3.8) is 0 Å². The van der Waals surface area contributed by atoms with Crippen LogP contribution in [0, 0.1) is 6.92 Å². The van der Waals surface area contributed by atoms with Gasteiger partial charge >= 0.3 is 0 Å². The van der Waals surface area contributed by atoms with Gasteiger partial charge in [-0.3, -0.25) is 9.69 Å². The van der Waals surface area contributed by atoms with Crippen LogP contribution in [0.3, 0.4) is 0 Å². The summed E-state index contributed by atoms with van der Waals surface area (Å²) in [5.74, 6) is 2.41. The number of aryl methyl sites for hydroxylation is 1. The molecule has 2 aromatic rings. The maximum atomic E-state index is 12.9. The Kier molecular flexibility index (Phi) is 7.04. The maximum absolute atomic E-state index is 12.9. The smallest absolute Gasteiger partial charge is 0.278 e. The third kappa shape index (κ3) is 5.54. The summed E-state index contributed by atoms with van der Waals surface area (Å²) in [7, 11) is 1.75. The van der Waals surface area contributed by atoms with Gasteiger partial charge in [-0.05, 0) is 25.1 Å². The van der Waals surface area contributed by atoms with Gasteiger partial charge < -0.3 is 19.4 Å². The number of hydrogen-bond acceptors (Lipinski definition) is 3. The quantitative estimate of drug-likeness (QED) is 0.588. The van der Waals surface area contributed by atoms with Gasteiger partial charge in [-0.2, -0.15) is 0 Å². The van der Waals surface area contributed by atoms with E-state index in [2.05, 4.69) is 41.1 Å². The van der Waals surface area contributed by atoms with Crippen LogP contribution in [0.2, 0.25) is 0 Å². The third-order valence-electron chi connectivity index (χ3n) is 6.61. The first-order valence-corrected chi connectivity index (χ1v) is 11.4. The van der Waals surface area contributed by atoms with Gasteiger partial charge in [-0.1, -0.05) is 17.7 Å². The molecule has 0 radical (unpaired) electrons. The molecule has 0 saturated carbocycles. The van der Waals surface area contributed by atoms with Gasteiger partial charge in [0.05, 0.1) is 26.4 Å². The largest absolute Gasteiger partial charge is 0.496 e. The number of quaternary nitrogens is 2. The van der Waals surface area contributed by atoms with Crippen molar-refractivity contribution in [3.8, 4) is 5.75 Å². The Balaban J connectivity index is 1.21. The lowest BCUT2D eigenvalue weighted by molar-refractivity contribution is -1.02. The van der Waals surface area contributed by atoms with Crippen molar-refractivity contribution < 1.29 is 24.3 Å². The van der Waals surface area contributed by atoms with Crippen LogP contribution in [0.5, 0.6) is 5.75 Å². The maximum Gasteiger partial charge on any atom is 0.278 e. The molecule has 0 unspecified atom stereocenters. The van der Waals surface area contributed by atoms with Crippen LogP contribution in [0.15, 0.2) is 42.6 Å². The Morgan fingerprint density at radius 2 is 1.77 bits per heavy atom. The van der Waals surface area contributed by atoms with E-state index in [1.807, 2.05) is 23.2 Å². The van der Waals surface area contributed by atoms with Crippen LogP contribution in [0.1, 0.15) is 11.1 Å². The fraction of sp³-hybridized carbons (Fsp3) is 0.500. The molecule has 1 amide bonds. The number of nitrogens with one attached hydrogen (secondary N) is 3. The molecule has 0 atom stereocenters. The van der Waals surface area contributed by atoms with E-state index >= 15 is 0 Å². The number of benzene rings is 1. The predicted octanol–water partition coefficient (Wildman–Crippen LogP) is -1.55. The van der Waals surface area contributed by atoms with Gasteiger partial charge in [-0.15, -0.1) is 0 Å². The third-order valence-corrected chi connectivity index (χ3v) is 6.61. The number of rotatable bonds is 6. The summed E-state index contributed by atoms with van der Waals surface area (Å²) in [6, 6.07) is 12.5. The molecule has 0 spiro atoms. The van der Waals surface area contributed by atoms with Crippen LogP contribution in [-0.4, -0.2) is 76.8 Å². The number of pyridine rings is 1. The molecule has 0 aliphatic carbocycles. The SMILES string of the molecule is COc1ccc(C)cc1C[NH+]1CC[NH+](CC(=O)N2CCN(c3cccc[nH+]3)CC2)CC1. The molecule has 1 aromatic heterocycles. The number of amides is 1. The fourth-order valence-electron chi connectivity index (χ4n) is 4.73. The molecule has 0 bridgehead atoms. The lowest BCUT2D eigenvalue weighted by atomic mass is 10.1. The topological polar surface area (TPSA) is 55.8 Å². The molecular formula is C24H36N5O2+3. The number of hydrogen-bond donors (Lipinski definition) is 2. The normalized spacial score (nSPS) is 21.7. The van der Waals surface area contributed by atoms with Gasteiger partial charge in [0.25, 0.3) is 11.7 Å². The number of piperazine rings is 2. The number of nitrogens with zero attached hydrogens (tertiary/aromatic N) is 2. The van der Waals surface area contributed by atoms with Gasteiger partial charge in [-0.25, -0.2) is 4.98 Å². The molecule has 2 saturated heterocycles. The number of ether oxygens (including phenoxy) is 1. The van der Waals surface area contributed by atoms with Crippen LogP contribution in [0.4, 0.5) is 5.82 Å². The second kappa shape index (κ2) is 10.1. The summed E-state index contributed by atoms with van der Waals surface area (Å²) < 4.78 is 5.54. The lowest BCUT2D eigenvalue weighted by Crippen LogP contribution is -3.28. The van der Waals surface area contributed by atoms with Crippen molar-refractivity contribution in [1.82, 2.24) is 4.90 Å². The van der Waals surface area contributed by atoms with Crippen molar-refractivity contribution >= 4 is 11.7 Å². The highest BCUT2D eigenvalue weighted by atomic mass is 16.5. The first-order chi connectivity index (χ1) is 15.1. The Labute approximate surface area is 185 Å². The van der Waals surface area contributed by atoms with Crippen molar-refractivity contribution in [3.05, 3.63) is 53.7 Å². The van der Waals surface area contributed by atoms with Crippen molar-refractivity contribution in [2.45, 2.75) is 13.5 Å². The average molecular weight is 427 g/mol. The van der Waals surface area contributed by atoms with Crippen LogP contribution < -0.4 is 24.4 Å². The minimum atomic E-state index is 0.301. The van der Waals surface area contributed by atoms with E-state index in [0.717, 1.165) is 70.5 Å². The van der Waals surface area contributed by atoms with Crippen LogP contribution in [0.25, 0.3) is 0 Å². The fourth-order valence-corrected chi connectivity index (χ4v) is 4.73. The Morgan fingerprint density at radius 3 is 2.45 bits per heavy atom. The summed E-state index contributed by atoms with van der Waals surface area (Å²) in [5, 5.41) is 0. The molecule has 7 heteroatoms. The molecule has 7 nitrogen and oxygen atoms in total. The second-order valence-electron chi connectivity index (χ2n) is 8.78. The molecule has 2 fully saturated rings. The predicted molar refractivity (Wildman–Crippen MR) is 119 cm³/mol. The number of aromatic amines is 1. The number of aromatic nitrogens is 1. The summed E-state index contributed by atoms with van der Waals surface area (Å²) in [5.41, 5.74) is 2.56. The zero-order valence-electron chi connectivity index (χ0n) is 18.8. The van der Waals surface area contributed by atoms with E-state index in [4.69, 9.17) is 4.74 Å². The molecule has 31 heavy (non-hydrogen) atoms. The van der Waals surface area contributed by atoms with E-state index in [9.17, 15) is 4.79 Å². The summed E-state index contributed by atoms with van der Waals surface area (Å²) in [6.45, 7) is 11.4. The highest BCUT2D eigenvalue weighted by molar-refractivity contribution is 5.77. The van der Waals surface area contributed by atoms with Gasteiger partial charge in [0.1, 0.15) is 51.6 Å². The summed E-state index contributed by atoms with van der Waals surface area (Å²) in [6.07, 6.45) is 1.95. The number of carbonyl (C=O) groups is 1. The van der Waals surface area contributed by atoms with E-state index in [-0.39, 0.29) is 0 Å². The van der Waals surface area contributed by atoms with Gasteiger partial charge in [0, 0.05) is 11.6 Å². The molecule has 4 rings (SSSR count). The van der Waals surface area contributed by atoms with E-state index in [1.165, 1.54) is 16.0 Å². The molecule has 2 aliphatic rings. The standard InChI is InChI=1S/C24H33N5O2/c1-20-6-7-22(31-2)21(17-20)18-26-9-11-27(12-10-26)19-24(30)29-15-13-28(14-16-29)23-5-3-4-8-25-23/h3-8,17H,9-16,18-19H2,1-2H3/p+3. The number of carbonyl (C=O) groups excluding carboxylic acids is 1. The minimum absolute atomic E-state index is 0.301. The Morgan fingerprint density at radius 1 is 1.03 bits per heavy atom. The molecule has 3 N–H and O–H groups in total. The number of methoxy groups -OCH3 is 1. The Hall–Kier alpha value is -2.64. The molecule has 166 valence electrons. The minimum Gasteiger partial charge on any atom is -0.496 e. The highest BCUT2D eigenvalue weighted by Crippen LogP contribution is 2.18. The zero-order chi connectivity index (χ0) is 21.6. The lowest BCUT2D eigenvalue weighted by Gasteiger charge is -2.33. The Bertz CT molecular complexity index is 860. The summed E-state index contributed by atoms with van der Waals surface area (Å²) >= 11 is 0. The van der Waals surface area contributed by atoms with Gasteiger partial charge in [0.2, 0.25) is 0 Å². The molecule has 2 aliphatic heterocycles. The first-order valence-electron chi connectivity index (χ1n) is 11.4. The molecule has 1 aromatic carbocycles.